The minimum Gasteiger partial charge on any atom is -0.497 e. The van der Waals surface area contributed by atoms with Gasteiger partial charge in [-0.15, -0.1) is 0 Å². The third kappa shape index (κ3) is 4.22. The number of nitrogens with one attached hydrogen (secondary N) is 1. The van der Waals surface area contributed by atoms with Crippen LogP contribution in [0.2, 0.25) is 0 Å². The monoisotopic (exact) mass is 463 g/mol. The Labute approximate surface area is 204 Å². The van der Waals surface area contributed by atoms with Gasteiger partial charge in [-0.2, -0.15) is 4.99 Å². The summed E-state index contributed by atoms with van der Waals surface area (Å²) in [5, 5.41) is 1.13. The maximum Gasteiger partial charge on any atom is 0.207 e. The van der Waals surface area contributed by atoms with Gasteiger partial charge < -0.3 is 9.47 Å². The second kappa shape index (κ2) is 9.41. The predicted octanol–water partition coefficient (Wildman–Crippen LogP) is 4.14. The Bertz CT molecular complexity index is 1410. The first-order valence-electron chi connectivity index (χ1n) is 12.0. The number of quaternary nitrogens is 1. The van der Waals surface area contributed by atoms with Gasteiger partial charge >= 0.3 is 0 Å². The van der Waals surface area contributed by atoms with E-state index in [9.17, 15) is 0 Å². The van der Waals surface area contributed by atoms with Crippen LogP contribution < -0.4 is 9.64 Å². The van der Waals surface area contributed by atoms with Crippen LogP contribution in [0.25, 0.3) is 22.3 Å². The van der Waals surface area contributed by atoms with Crippen molar-refractivity contribution < 1.29 is 14.4 Å². The van der Waals surface area contributed by atoms with E-state index in [-0.39, 0.29) is 0 Å². The van der Waals surface area contributed by atoms with Crippen molar-refractivity contribution in [3.05, 3.63) is 102 Å². The van der Waals surface area contributed by atoms with Crippen molar-refractivity contribution in [2.45, 2.75) is 25.5 Å². The first kappa shape index (κ1) is 21.6. The fourth-order valence-corrected chi connectivity index (χ4v) is 5.01. The van der Waals surface area contributed by atoms with Gasteiger partial charge in [0, 0.05) is 36.2 Å². The standard InChI is InChI=1S/C29H26N4O2/c1-34-24-10-6-20(7-11-24)18-35-19-23-9-13-27-32-28(29(33(23)27)22-14-16-30-17-15-22)26-12-8-21-4-2-3-5-25(21)31-26/h2-8,10-12,14-17,23H,9,13,18-19H2,1H3/p+1. The fraction of sp³-hybridized carbons (Fsp3) is 0.207. The van der Waals surface area contributed by atoms with Gasteiger partial charge in [0.2, 0.25) is 5.84 Å². The van der Waals surface area contributed by atoms with Crippen molar-refractivity contribution in [3.8, 4) is 5.75 Å². The molecule has 0 aliphatic carbocycles. The van der Waals surface area contributed by atoms with E-state index in [0.29, 0.717) is 19.3 Å². The van der Waals surface area contributed by atoms with Crippen LogP contribution in [-0.2, 0) is 11.3 Å². The molecule has 1 fully saturated rings. The Kier molecular flexibility index (Phi) is 5.82. The summed E-state index contributed by atoms with van der Waals surface area (Å²) in [6, 6.07) is 24.9. The number of para-hydroxylation sites is 1. The number of pyridine rings is 2. The largest absolute Gasteiger partial charge is 0.497 e. The Morgan fingerprint density at radius 1 is 0.943 bits per heavy atom. The van der Waals surface area contributed by atoms with Gasteiger partial charge in [-0.05, 0) is 42.0 Å². The van der Waals surface area contributed by atoms with E-state index in [1.165, 1.54) is 16.4 Å². The van der Waals surface area contributed by atoms with Gasteiger partial charge in [-0.25, -0.2) is 4.98 Å². The van der Waals surface area contributed by atoms with Crippen molar-refractivity contribution in [2.75, 3.05) is 13.7 Å². The van der Waals surface area contributed by atoms with E-state index in [4.69, 9.17) is 19.5 Å². The lowest BCUT2D eigenvalue weighted by Crippen LogP contribution is -3.13. The number of benzene rings is 2. The third-order valence-electron chi connectivity index (χ3n) is 6.76. The highest BCUT2D eigenvalue weighted by molar-refractivity contribution is 6.00. The maximum atomic E-state index is 6.20. The lowest BCUT2D eigenvalue weighted by atomic mass is 10.1. The van der Waals surface area contributed by atoms with Crippen molar-refractivity contribution >= 4 is 28.1 Å². The topological polar surface area (TPSA) is 61.0 Å². The Morgan fingerprint density at radius 3 is 2.60 bits per heavy atom. The lowest BCUT2D eigenvalue weighted by molar-refractivity contribution is -0.746. The second-order valence-electron chi connectivity index (χ2n) is 8.92. The van der Waals surface area contributed by atoms with Crippen LogP contribution in [0.4, 0.5) is 0 Å². The van der Waals surface area contributed by atoms with Crippen LogP contribution in [0.15, 0.2) is 90.2 Å². The number of aromatic nitrogens is 2. The molecule has 6 rings (SSSR count). The second-order valence-corrected chi connectivity index (χ2v) is 8.92. The van der Waals surface area contributed by atoms with Gasteiger partial charge in [-0.1, -0.05) is 36.4 Å². The Hall–Kier alpha value is -3.87. The van der Waals surface area contributed by atoms with Crippen LogP contribution in [0.5, 0.6) is 5.75 Å². The fourth-order valence-electron chi connectivity index (χ4n) is 5.01. The number of hydrogen-bond acceptors (Lipinski definition) is 5. The molecule has 0 saturated carbocycles. The van der Waals surface area contributed by atoms with Gasteiger partial charge in [0.05, 0.1) is 31.5 Å². The quantitative estimate of drug-likeness (QED) is 0.448. The smallest absolute Gasteiger partial charge is 0.207 e. The van der Waals surface area contributed by atoms with E-state index in [2.05, 4.69) is 53.5 Å². The molecule has 0 amide bonds. The molecule has 6 nitrogen and oxygen atoms in total. The number of rotatable bonds is 7. The number of aliphatic imine (C=N–C) groups is 1. The minimum atomic E-state index is 0.299. The normalized spacial score (nSPS) is 19.2. The molecule has 1 saturated heterocycles. The molecule has 0 bridgehead atoms. The molecule has 2 aromatic heterocycles. The Balaban J connectivity index is 1.30. The highest BCUT2D eigenvalue weighted by Crippen LogP contribution is 2.30. The van der Waals surface area contributed by atoms with Crippen LogP contribution >= 0.6 is 0 Å². The molecule has 35 heavy (non-hydrogen) atoms. The summed E-state index contributed by atoms with van der Waals surface area (Å²) in [6.45, 7) is 1.24. The van der Waals surface area contributed by atoms with Gasteiger partial charge in [0.25, 0.3) is 0 Å². The maximum absolute atomic E-state index is 6.20. The molecule has 0 spiro atoms. The highest BCUT2D eigenvalue weighted by atomic mass is 16.5. The van der Waals surface area contributed by atoms with Crippen LogP contribution in [0.3, 0.4) is 0 Å². The zero-order valence-corrected chi connectivity index (χ0v) is 19.6. The zero-order valence-electron chi connectivity index (χ0n) is 19.6. The van der Waals surface area contributed by atoms with E-state index >= 15 is 0 Å². The van der Waals surface area contributed by atoms with Crippen molar-refractivity contribution in [3.63, 3.8) is 0 Å². The molecule has 4 heterocycles. The van der Waals surface area contributed by atoms with Crippen LogP contribution in [0, 0.1) is 0 Å². The number of amidine groups is 1. The molecular weight excluding hydrogens is 436 g/mol. The van der Waals surface area contributed by atoms with Gasteiger partial charge in [0.1, 0.15) is 11.8 Å². The summed E-state index contributed by atoms with van der Waals surface area (Å²) >= 11 is 0. The molecule has 2 atom stereocenters. The molecule has 2 unspecified atom stereocenters. The number of nitrogens with zero attached hydrogens (tertiary/aromatic N) is 3. The van der Waals surface area contributed by atoms with Crippen molar-refractivity contribution in [2.24, 2.45) is 4.99 Å². The number of methoxy groups -OCH3 is 1. The first-order valence-corrected chi connectivity index (χ1v) is 12.0. The third-order valence-corrected chi connectivity index (χ3v) is 6.76. The summed E-state index contributed by atoms with van der Waals surface area (Å²) in [6.07, 6.45) is 5.69. The predicted molar refractivity (Wildman–Crippen MR) is 137 cm³/mol. The highest BCUT2D eigenvalue weighted by Gasteiger charge is 2.44. The zero-order chi connectivity index (χ0) is 23.6. The summed E-state index contributed by atoms with van der Waals surface area (Å²) in [4.78, 5) is 15.6. The summed E-state index contributed by atoms with van der Waals surface area (Å²) in [7, 11) is 1.68. The molecule has 2 aliphatic heterocycles. The molecule has 2 aliphatic rings. The molecule has 4 aromatic rings. The number of fused-ring (bicyclic) bond motifs is 2. The van der Waals surface area contributed by atoms with E-state index in [1.54, 1.807) is 7.11 Å². The van der Waals surface area contributed by atoms with Gasteiger partial charge in [-0.3, -0.25) is 9.88 Å². The molecule has 0 radical (unpaired) electrons. The lowest BCUT2D eigenvalue weighted by Gasteiger charge is -2.21. The van der Waals surface area contributed by atoms with E-state index in [0.717, 1.165) is 52.0 Å². The average Bonchev–Trinajstić information content (AvgIpc) is 3.49. The SMILES string of the molecule is COc1ccc(COCC2CCC3=NC(c4ccc5ccccc5n4)=C(c4ccncc4)[NH+]32)cc1. The Morgan fingerprint density at radius 2 is 1.77 bits per heavy atom. The summed E-state index contributed by atoms with van der Waals surface area (Å²) in [5.41, 5.74) is 6.27. The van der Waals surface area contributed by atoms with E-state index in [1.807, 2.05) is 36.7 Å². The van der Waals surface area contributed by atoms with E-state index < -0.39 is 0 Å². The first-order chi connectivity index (χ1) is 17.3. The summed E-state index contributed by atoms with van der Waals surface area (Å²) < 4.78 is 11.5. The molecule has 174 valence electrons. The average molecular weight is 464 g/mol. The molecular formula is C29H27N4O2+. The molecule has 2 aromatic carbocycles. The summed E-state index contributed by atoms with van der Waals surface area (Å²) in [5.74, 6) is 2.02. The van der Waals surface area contributed by atoms with Crippen LogP contribution in [-0.4, -0.2) is 35.6 Å². The molecule has 6 heteroatoms. The minimum absolute atomic E-state index is 0.299. The molecule has 1 N–H and O–H groups in total. The van der Waals surface area contributed by atoms with Crippen molar-refractivity contribution in [1.29, 1.82) is 0 Å². The van der Waals surface area contributed by atoms with Gasteiger partial charge in [0.15, 0.2) is 11.4 Å². The number of hydrogen-bond donors (Lipinski definition) is 1. The number of ether oxygens (including phenoxy) is 2. The van der Waals surface area contributed by atoms with Crippen molar-refractivity contribution in [1.82, 2.24) is 9.97 Å². The van der Waals surface area contributed by atoms with Crippen LogP contribution in [0.1, 0.15) is 29.7 Å².